The second-order valence-electron chi connectivity index (χ2n) is 8.07. The Labute approximate surface area is 181 Å². The van der Waals surface area contributed by atoms with Crippen molar-refractivity contribution in [2.75, 3.05) is 5.32 Å². The molecule has 5 nitrogen and oxygen atoms in total. The molecule has 0 aliphatic heterocycles. The van der Waals surface area contributed by atoms with Crippen LogP contribution >= 0.6 is 11.8 Å². The van der Waals surface area contributed by atoms with E-state index in [-0.39, 0.29) is 11.5 Å². The summed E-state index contributed by atoms with van der Waals surface area (Å²) in [5.41, 5.74) is 3.51. The fourth-order valence-electron chi connectivity index (χ4n) is 3.27. The molecule has 3 rings (SSSR count). The molecule has 0 aliphatic carbocycles. The number of aryl methyl sites for hydroxylation is 2. The van der Waals surface area contributed by atoms with Crippen molar-refractivity contribution in [3.05, 3.63) is 63.9 Å². The number of carbonyl (C=O) groups excluding carboxylic acids is 1. The molecular formula is C24H29N3O2S. The third-order valence-electron chi connectivity index (χ3n) is 5.14. The van der Waals surface area contributed by atoms with Gasteiger partial charge in [0, 0.05) is 12.2 Å². The van der Waals surface area contributed by atoms with E-state index in [4.69, 9.17) is 4.98 Å². The molecule has 6 heteroatoms. The molecule has 1 atom stereocenters. The van der Waals surface area contributed by atoms with E-state index in [2.05, 4.69) is 19.2 Å². The molecule has 0 fully saturated rings. The van der Waals surface area contributed by atoms with Crippen LogP contribution in [0.5, 0.6) is 0 Å². The number of hydrogen-bond donors (Lipinski definition) is 1. The molecule has 158 valence electrons. The maximum atomic E-state index is 13.1. The Balaban J connectivity index is 1.90. The van der Waals surface area contributed by atoms with E-state index >= 15 is 0 Å². The van der Waals surface area contributed by atoms with Gasteiger partial charge in [-0.1, -0.05) is 55.9 Å². The van der Waals surface area contributed by atoms with Crippen molar-refractivity contribution in [1.29, 1.82) is 0 Å². The van der Waals surface area contributed by atoms with E-state index in [0.717, 1.165) is 23.2 Å². The summed E-state index contributed by atoms with van der Waals surface area (Å²) in [4.78, 5) is 30.7. The second-order valence-corrected chi connectivity index (χ2v) is 9.37. The number of fused-ring (bicyclic) bond motifs is 1. The molecule has 0 saturated carbocycles. The lowest BCUT2D eigenvalue weighted by atomic mass is 10.1. The van der Waals surface area contributed by atoms with Gasteiger partial charge in [0.1, 0.15) is 0 Å². The SMILES string of the molecule is Cc1cccc(C)c1NC(=O)C(C)Sc1nc2ccccc2c(=O)n1CCC(C)C. The van der Waals surface area contributed by atoms with Crippen molar-refractivity contribution in [1.82, 2.24) is 9.55 Å². The number of anilines is 1. The minimum Gasteiger partial charge on any atom is -0.325 e. The molecule has 3 aromatic rings. The normalized spacial score (nSPS) is 12.3. The number of rotatable bonds is 7. The first-order chi connectivity index (χ1) is 14.3. The Hall–Kier alpha value is -2.60. The first kappa shape index (κ1) is 22.1. The predicted molar refractivity (Wildman–Crippen MR) is 125 cm³/mol. The molecule has 1 aromatic heterocycles. The Morgan fingerprint density at radius 3 is 2.40 bits per heavy atom. The van der Waals surface area contributed by atoms with Crippen LogP contribution in [0, 0.1) is 19.8 Å². The highest BCUT2D eigenvalue weighted by atomic mass is 32.2. The largest absolute Gasteiger partial charge is 0.325 e. The van der Waals surface area contributed by atoms with Crippen LogP contribution in [0.25, 0.3) is 10.9 Å². The zero-order valence-electron chi connectivity index (χ0n) is 18.2. The predicted octanol–water partition coefficient (Wildman–Crippen LogP) is 5.18. The highest BCUT2D eigenvalue weighted by Gasteiger charge is 2.20. The quantitative estimate of drug-likeness (QED) is 0.420. The standard InChI is InChI=1S/C24H29N3O2S/c1-15(2)13-14-27-23(29)19-11-6-7-12-20(19)25-24(27)30-18(5)22(28)26-21-16(3)9-8-10-17(21)4/h6-12,15,18H,13-14H2,1-5H3,(H,26,28). The average molecular weight is 424 g/mol. The Bertz CT molecular complexity index is 1100. The van der Waals surface area contributed by atoms with Gasteiger partial charge in [-0.15, -0.1) is 0 Å². The Morgan fingerprint density at radius 1 is 1.07 bits per heavy atom. The Morgan fingerprint density at radius 2 is 1.73 bits per heavy atom. The van der Waals surface area contributed by atoms with Crippen LogP contribution in [0.1, 0.15) is 38.3 Å². The van der Waals surface area contributed by atoms with Crippen LogP contribution in [0.3, 0.4) is 0 Å². The van der Waals surface area contributed by atoms with E-state index in [1.54, 1.807) is 4.57 Å². The average Bonchev–Trinajstić information content (AvgIpc) is 2.70. The molecule has 1 amide bonds. The lowest BCUT2D eigenvalue weighted by Gasteiger charge is -2.18. The minimum absolute atomic E-state index is 0.0499. The van der Waals surface area contributed by atoms with Gasteiger partial charge >= 0.3 is 0 Å². The van der Waals surface area contributed by atoms with E-state index < -0.39 is 5.25 Å². The molecule has 0 bridgehead atoms. The number of nitrogens with zero attached hydrogens (tertiary/aromatic N) is 2. The summed E-state index contributed by atoms with van der Waals surface area (Å²) in [5, 5.41) is 3.84. The summed E-state index contributed by atoms with van der Waals surface area (Å²) < 4.78 is 1.72. The monoisotopic (exact) mass is 423 g/mol. The molecule has 1 unspecified atom stereocenters. The van der Waals surface area contributed by atoms with Crippen LogP contribution in [0.2, 0.25) is 0 Å². The van der Waals surface area contributed by atoms with Gasteiger partial charge in [-0.2, -0.15) is 0 Å². The first-order valence-electron chi connectivity index (χ1n) is 10.3. The van der Waals surface area contributed by atoms with Gasteiger partial charge in [-0.05, 0) is 56.4 Å². The van der Waals surface area contributed by atoms with Gasteiger partial charge in [0.05, 0.1) is 16.2 Å². The maximum absolute atomic E-state index is 13.1. The van der Waals surface area contributed by atoms with Crippen LogP contribution < -0.4 is 10.9 Å². The summed E-state index contributed by atoms with van der Waals surface area (Å²) in [7, 11) is 0. The van der Waals surface area contributed by atoms with E-state index in [1.807, 2.05) is 63.2 Å². The number of hydrogen-bond acceptors (Lipinski definition) is 4. The van der Waals surface area contributed by atoms with Gasteiger partial charge < -0.3 is 5.32 Å². The molecule has 0 radical (unpaired) electrons. The molecule has 0 spiro atoms. The van der Waals surface area contributed by atoms with Crippen molar-refractivity contribution >= 4 is 34.3 Å². The van der Waals surface area contributed by atoms with Crippen molar-refractivity contribution < 1.29 is 4.79 Å². The van der Waals surface area contributed by atoms with Crippen LogP contribution in [0.15, 0.2) is 52.4 Å². The second kappa shape index (κ2) is 9.47. The number of para-hydroxylation sites is 2. The first-order valence-corrected chi connectivity index (χ1v) is 11.2. The molecule has 1 heterocycles. The highest BCUT2D eigenvalue weighted by Crippen LogP contribution is 2.26. The van der Waals surface area contributed by atoms with Gasteiger partial charge in [0.15, 0.2) is 5.16 Å². The fourth-order valence-corrected chi connectivity index (χ4v) is 4.20. The lowest BCUT2D eigenvalue weighted by Crippen LogP contribution is -2.27. The van der Waals surface area contributed by atoms with E-state index in [0.29, 0.717) is 28.5 Å². The van der Waals surface area contributed by atoms with Crippen LogP contribution in [0.4, 0.5) is 5.69 Å². The molecule has 30 heavy (non-hydrogen) atoms. The van der Waals surface area contributed by atoms with E-state index in [1.165, 1.54) is 11.8 Å². The highest BCUT2D eigenvalue weighted by molar-refractivity contribution is 8.00. The summed E-state index contributed by atoms with van der Waals surface area (Å²) in [5.74, 6) is 0.362. The smallest absolute Gasteiger partial charge is 0.262 e. The third kappa shape index (κ3) is 4.93. The maximum Gasteiger partial charge on any atom is 0.262 e. The van der Waals surface area contributed by atoms with Gasteiger partial charge in [-0.25, -0.2) is 4.98 Å². The topological polar surface area (TPSA) is 64.0 Å². The summed E-state index contributed by atoms with van der Waals surface area (Å²) >= 11 is 1.33. The number of thioether (sulfide) groups is 1. The zero-order valence-corrected chi connectivity index (χ0v) is 19.0. The Kier molecular flexibility index (Phi) is 6.98. The van der Waals surface area contributed by atoms with Crippen molar-refractivity contribution in [3.8, 4) is 0 Å². The van der Waals surface area contributed by atoms with Crippen molar-refractivity contribution in [2.24, 2.45) is 5.92 Å². The molecule has 0 saturated heterocycles. The van der Waals surface area contributed by atoms with Gasteiger partial charge in [0.25, 0.3) is 5.56 Å². The number of aromatic nitrogens is 2. The van der Waals surface area contributed by atoms with Gasteiger partial charge in [-0.3, -0.25) is 14.2 Å². The minimum atomic E-state index is -0.401. The number of benzene rings is 2. The van der Waals surface area contributed by atoms with Crippen LogP contribution in [-0.2, 0) is 11.3 Å². The molecular weight excluding hydrogens is 394 g/mol. The summed E-state index contributed by atoms with van der Waals surface area (Å²) in [6.07, 6.45) is 0.871. The van der Waals surface area contributed by atoms with Gasteiger partial charge in [0.2, 0.25) is 5.91 Å². The third-order valence-corrected chi connectivity index (χ3v) is 6.23. The number of amides is 1. The van der Waals surface area contributed by atoms with Crippen molar-refractivity contribution in [2.45, 2.75) is 58.0 Å². The molecule has 1 N–H and O–H groups in total. The number of carbonyl (C=O) groups is 1. The lowest BCUT2D eigenvalue weighted by molar-refractivity contribution is -0.115. The zero-order chi connectivity index (χ0) is 21.8. The molecule has 0 aliphatic rings. The fraction of sp³-hybridized carbons (Fsp3) is 0.375. The van der Waals surface area contributed by atoms with Crippen LogP contribution in [-0.4, -0.2) is 20.7 Å². The summed E-state index contributed by atoms with van der Waals surface area (Å²) in [6, 6.07) is 13.3. The summed E-state index contributed by atoms with van der Waals surface area (Å²) in [6.45, 7) is 10.7. The van der Waals surface area contributed by atoms with E-state index in [9.17, 15) is 9.59 Å². The van der Waals surface area contributed by atoms with Crippen molar-refractivity contribution in [3.63, 3.8) is 0 Å². The molecule has 2 aromatic carbocycles. The number of nitrogens with one attached hydrogen (secondary N) is 1.